The number of fused-ring (bicyclic) bond motifs is 1. The number of anilines is 3. The van der Waals surface area contributed by atoms with Crippen molar-refractivity contribution in [2.75, 3.05) is 24.3 Å². The minimum absolute atomic E-state index is 0.236. The number of nitrogens with zero attached hydrogens (tertiary/aromatic N) is 3. The summed E-state index contributed by atoms with van der Waals surface area (Å²) in [6.07, 6.45) is 4.90. The second-order valence-electron chi connectivity index (χ2n) is 6.16. The van der Waals surface area contributed by atoms with E-state index in [4.69, 9.17) is 4.42 Å². The first kappa shape index (κ1) is 15.9. The standard InChI is InChI=1S/C18H18N6O2/c1-10-15(26-9-21-10)12-8-14(17(24(2)3)23-18(12)25)22-13-5-7-20-16-11(13)4-6-19-16/h4-9H,1-3H3,(H,23,25)(H2,19,20,22). The number of rotatable bonds is 4. The second kappa shape index (κ2) is 6.07. The molecule has 4 aromatic rings. The number of aryl methyl sites for hydroxylation is 1. The fourth-order valence-electron chi connectivity index (χ4n) is 2.91. The fourth-order valence-corrected chi connectivity index (χ4v) is 2.91. The predicted octanol–water partition coefficient (Wildman–Crippen LogP) is 3.02. The molecule has 8 nitrogen and oxygen atoms in total. The number of aromatic nitrogens is 4. The van der Waals surface area contributed by atoms with Gasteiger partial charge in [0.25, 0.3) is 5.56 Å². The van der Waals surface area contributed by atoms with Crippen molar-refractivity contribution in [3.63, 3.8) is 0 Å². The summed E-state index contributed by atoms with van der Waals surface area (Å²) in [7, 11) is 3.74. The molecule has 0 saturated heterocycles. The molecule has 0 unspecified atom stereocenters. The minimum atomic E-state index is -0.236. The van der Waals surface area contributed by atoms with E-state index >= 15 is 0 Å². The lowest BCUT2D eigenvalue weighted by Gasteiger charge is -2.19. The summed E-state index contributed by atoms with van der Waals surface area (Å²) >= 11 is 0. The van der Waals surface area contributed by atoms with Gasteiger partial charge in [0.05, 0.1) is 22.6 Å². The van der Waals surface area contributed by atoms with Crippen LogP contribution in [0.4, 0.5) is 17.2 Å². The summed E-state index contributed by atoms with van der Waals surface area (Å²) in [6.45, 7) is 1.80. The van der Waals surface area contributed by atoms with Crippen molar-refractivity contribution >= 4 is 28.2 Å². The number of H-pyrrole nitrogens is 2. The Bertz CT molecular complexity index is 1140. The number of hydrogen-bond acceptors (Lipinski definition) is 6. The minimum Gasteiger partial charge on any atom is -0.443 e. The van der Waals surface area contributed by atoms with Crippen molar-refractivity contribution in [2.24, 2.45) is 0 Å². The van der Waals surface area contributed by atoms with Crippen LogP contribution in [0, 0.1) is 6.92 Å². The van der Waals surface area contributed by atoms with E-state index in [1.54, 1.807) is 19.2 Å². The van der Waals surface area contributed by atoms with Gasteiger partial charge in [-0.15, -0.1) is 0 Å². The van der Waals surface area contributed by atoms with Crippen LogP contribution in [-0.4, -0.2) is 34.0 Å². The van der Waals surface area contributed by atoms with E-state index in [0.717, 1.165) is 22.4 Å². The van der Waals surface area contributed by atoms with E-state index in [1.807, 2.05) is 37.3 Å². The quantitative estimate of drug-likeness (QED) is 0.523. The van der Waals surface area contributed by atoms with Gasteiger partial charge in [-0.2, -0.15) is 0 Å². The van der Waals surface area contributed by atoms with Gasteiger partial charge in [0.15, 0.2) is 12.2 Å². The van der Waals surface area contributed by atoms with Gasteiger partial charge in [0, 0.05) is 31.9 Å². The number of hydrogen-bond donors (Lipinski definition) is 3. The summed E-state index contributed by atoms with van der Waals surface area (Å²) in [5.41, 5.74) is 3.27. The number of pyridine rings is 2. The summed E-state index contributed by atoms with van der Waals surface area (Å²) in [5.74, 6) is 1.12. The van der Waals surface area contributed by atoms with Crippen molar-refractivity contribution < 1.29 is 4.42 Å². The van der Waals surface area contributed by atoms with Crippen LogP contribution < -0.4 is 15.8 Å². The van der Waals surface area contributed by atoms with Crippen molar-refractivity contribution in [3.05, 3.63) is 53.0 Å². The molecule has 0 amide bonds. The van der Waals surface area contributed by atoms with Gasteiger partial charge in [-0.1, -0.05) is 0 Å². The topological polar surface area (TPSA) is 103 Å². The summed E-state index contributed by atoms with van der Waals surface area (Å²) in [4.78, 5) is 28.8. The van der Waals surface area contributed by atoms with E-state index in [0.29, 0.717) is 22.8 Å². The third-order valence-corrected chi connectivity index (χ3v) is 4.19. The monoisotopic (exact) mass is 350 g/mol. The number of aromatic amines is 2. The van der Waals surface area contributed by atoms with Crippen molar-refractivity contribution in [3.8, 4) is 11.3 Å². The van der Waals surface area contributed by atoms with Crippen LogP contribution in [0.5, 0.6) is 0 Å². The van der Waals surface area contributed by atoms with Crippen LogP contribution >= 0.6 is 0 Å². The molecule has 0 aromatic carbocycles. The second-order valence-corrected chi connectivity index (χ2v) is 6.16. The lowest BCUT2D eigenvalue weighted by atomic mass is 10.1. The van der Waals surface area contributed by atoms with Crippen molar-refractivity contribution in [2.45, 2.75) is 6.92 Å². The summed E-state index contributed by atoms with van der Waals surface area (Å²) < 4.78 is 5.41. The highest BCUT2D eigenvalue weighted by molar-refractivity contribution is 5.92. The fraction of sp³-hybridized carbons (Fsp3) is 0.167. The molecule has 3 N–H and O–H groups in total. The largest absolute Gasteiger partial charge is 0.443 e. The molecule has 0 fully saturated rings. The Hall–Kier alpha value is -3.55. The third-order valence-electron chi connectivity index (χ3n) is 4.19. The third kappa shape index (κ3) is 2.61. The molecule has 0 saturated carbocycles. The van der Waals surface area contributed by atoms with Crippen LogP contribution in [0.1, 0.15) is 5.69 Å². The Morgan fingerprint density at radius 3 is 2.77 bits per heavy atom. The predicted molar refractivity (Wildman–Crippen MR) is 101 cm³/mol. The van der Waals surface area contributed by atoms with Crippen molar-refractivity contribution in [1.29, 1.82) is 0 Å². The zero-order chi connectivity index (χ0) is 18.3. The normalized spacial score (nSPS) is 11.0. The molecule has 0 aliphatic heterocycles. The average Bonchev–Trinajstić information content (AvgIpc) is 3.25. The lowest BCUT2D eigenvalue weighted by molar-refractivity contribution is 0.570. The van der Waals surface area contributed by atoms with Gasteiger partial charge in [-0.05, 0) is 25.1 Å². The molecular weight excluding hydrogens is 332 g/mol. The Labute approximate surface area is 148 Å². The first-order valence-corrected chi connectivity index (χ1v) is 8.09. The molecular formula is C18H18N6O2. The zero-order valence-electron chi connectivity index (χ0n) is 14.6. The Balaban J connectivity index is 1.87. The van der Waals surface area contributed by atoms with Gasteiger partial charge in [-0.3, -0.25) is 4.79 Å². The maximum Gasteiger partial charge on any atom is 0.260 e. The Kier molecular flexibility index (Phi) is 3.72. The van der Waals surface area contributed by atoms with E-state index in [9.17, 15) is 4.79 Å². The maximum absolute atomic E-state index is 12.6. The summed E-state index contributed by atoms with van der Waals surface area (Å²) in [5, 5.41) is 4.36. The van der Waals surface area contributed by atoms with Gasteiger partial charge in [-0.25, -0.2) is 9.97 Å². The highest BCUT2D eigenvalue weighted by Gasteiger charge is 2.17. The van der Waals surface area contributed by atoms with Crippen LogP contribution in [0.15, 0.2) is 46.2 Å². The van der Waals surface area contributed by atoms with Crippen LogP contribution in [0.2, 0.25) is 0 Å². The number of nitrogens with one attached hydrogen (secondary N) is 3. The first-order valence-electron chi connectivity index (χ1n) is 8.09. The highest BCUT2D eigenvalue weighted by atomic mass is 16.3. The molecule has 4 heterocycles. The van der Waals surface area contributed by atoms with E-state index in [2.05, 4.69) is 25.3 Å². The molecule has 0 radical (unpaired) electrons. The van der Waals surface area contributed by atoms with Crippen LogP contribution in [-0.2, 0) is 0 Å². The smallest absolute Gasteiger partial charge is 0.260 e. The maximum atomic E-state index is 12.6. The van der Waals surface area contributed by atoms with Crippen LogP contribution in [0.25, 0.3) is 22.4 Å². The lowest BCUT2D eigenvalue weighted by Crippen LogP contribution is -2.19. The number of oxazole rings is 1. The zero-order valence-corrected chi connectivity index (χ0v) is 14.6. The molecule has 0 bridgehead atoms. The molecule has 4 rings (SSSR count). The van der Waals surface area contributed by atoms with Gasteiger partial charge in [0.2, 0.25) is 0 Å². The Morgan fingerprint density at radius 1 is 1.19 bits per heavy atom. The molecule has 26 heavy (non-hydrogen) atoms. The summed E-state index contributed by atoms with van der Waals surface area (Å²) in [6, 6.07) is 5.62. The molecule has 4 aromatic heterocycles. The molecule has 0 aliphatic rings. The van der Waals surface area contributed by atoms with Crippen LogP contribution in [0.3, 0.4) is 0 Å². The van der Waals surface area contributed by atoms with E-state index in [-0.39, 0.29) is 5.56 Å². The molecule has 8 heteroatoms. The molecule has 0 atom stereocenters. The van der Waals surface area contributed by atoms with Gasteiger partial charge < -0.3 is 24.6 Å². The molecule has 132 valence electrons. The SMILES string of the molecule is Cc1ncoc1-c1cc(Nc2ccnc3[nH]ccc23)c(N(C)C)[nH]c1=O. The highest BCUT2D eigenvalue weighted by Crippen LogP contribution is 2.31. The Morgan fingerprint density at radius 2 is 2.04 bits per heavy atom. The molecule has 0 aliphatic carbocycles. The van der Waals surface area contributed by atoms with Crippen molar-refractivity contribution in [1.82, 2.24) is 19.9 Å². The van der Waals surface area contributed by atoms with E-state index in [1.165, 1.54) is 6.39 Å². The molecule has 0 spiro atoms. The van der Waals surface area contributed by atoms with E-state index < -0.39 is 0 Å². The van der Waals surface area contributed by atoms with Gasteiger partial charge >= 0.3 is 0 Å². The first-order chi connectivity index (χ1) is 12.5. The van der Waals surface area contributed by atoms with Gasteiger partial charge in [0.1, 0.15) is 11.5 Å². The average molecular weight is 350 g/mol.